The number of aromatic nitrogens is 3. The molecule has 22 heavy (non-hydrogen) atoms. The average Bonchev–Trinajstić information content (AvgIpc) is 3.24. The maximum atomic E-state index is 12.1. The summed E-state index contributed by atoms with van der Waals surface area (Å²) < 4.78 is 1.87. The van der Waals surface area contributed by atoms with Gasteiger partial charge < -0.3 is 15.2 Å². The molecule has 118 valence electrons. The minimum absolute atomic E-state index is 0.00723. The fraction of sp³-hybridized carbons (Fsp3) is 0.500. The number of carbonyl (C=O) groups excluding carboxylic acids is 1. The van der Waals surface area contributed by atoms with Crippen molar-refractivity contribution in [2.24, 2.45) is 7.05 Å². The van der Waals surface area contributed by atoms with E-state index in [9.17, 15) is 4.79 Å². The fourth-order valence-electron chi connectivity index (χ4n) is 2.39. The van der Waals surface area contributed by atoms with Crippen LogP contribution >= 0.6 is 23.1 Å². The van der Waals surface area contributed by atoms with Crippen molar-refractivity contribution < 1.29 is 4.79 Å². The van der Waals surface area contributed by atoms with Gasteiger partial charge in [-0.25, -0.2) is 0 Å². The first kappa shape index (κ1) is 15.5. The first-order valence-electron chi connectivity index (χ1n) is 7.32. The Hall–Kier alpha value is -1.38. The third-order valence-electron chi connectivity index (χ3n) is 3.54. The summed E-state index contributed by atoms with van der Waals surface area (Å²) in [7, 11) is 1.91. The molecule has 2 aromatic rings. The molecule has 0 spiro atoms. The molecule has 3 heterocycles. The monoisotopic (exact) mass is 337 g/mol. The van der Waals surface area contributed by atoms with Crippen LogP contribution in [0.4, 0.5) is 0 Å². The van der Waals surface area contributed by atoms with Crippen LogP contribution in [0.25, 0.3) is 0 Å². The minimum atomic E-state index is 0.00723. The Balaban J connectivity index is 1.44. The van der Waals surface area contributed by atoms with Gasteiger partial charge in [-0.3, -0.25) is 4.79 Å². The number of rotatable bonds is 6. The molecule has 1 unspecified atom stereocenters. The van der Waals surface area contributed by atoms with Crippen LogP contribution in [-0.2, 0) is 7.05 Å². The molecule has 0 aromatic carbocycles. The number of aryl methyl sites for hydroxylation is 1. The van der Waals surface area contributed by atoms with Gasteiger partial charge in [0.15, 0.2) is 5.16 Å². The lowest BCUT2D eigenvalue weighted by atomic mass is 10.2. The highest BCUT2D eigenvalue weighted by Gasteiger charge is 2.19. The summed E-state index contributed by atoms with van der Waals surface area (Å²) in [5.41, 5.74) is 0. The summed E-state index contributed by atoms with van der Waals surface area (Å²) >= 11 is 3.17. The van der Waals surface area contributed by atoms with Crippen molar-refractivity contribution in [1.29, 1.82) is 0 Å². The molecule has 0 aliphatic carbocycles. The Morgan fingerprint density at radius 2 is 2.50 bits per heavy atom. The van der Waals surface area contributed by atoms with E-state index in [2.05, 4.69) is 26.9 Å². The highest BCUT2D eigenvalue weighted by atomic mass is 32.2. The topological polar surface area (TPSA) is 71.8 Å². The fourth-order valence-corrected chi connectivity index (χ4v) is 4.16. The molecule has 1 amide bonds. The first-order chi connectivity index (χ1) is 10.7. The highest BCUT2D eigenvalue weighted by molar-refractivity contribution is 7.99. The summed E-state index contributed by atoms with van der Waals surface area (Å²) in [6.07, 6.45) is 4.05. The molecule has 1 aliphatic rings. The quantitative estimate of drug-likeness (QED) is 0.621. The van der Waals surface area contributed by atoms with E-state index in [1.807, 2.05) is 17.7 Å². The Labute approximate surface area is 137 Å². The molecule has 2 aromatic heterocycles. The zero-order valence-corrected chi connectivity index (χ0v) is 14.0. The zero-order valence-electron chi connectivity index (χ0n) is 12.4. The van der Waals surface area contributed by atoms with E-state index in [1.165, 1.54) is 11.3 Å². The van der Waals surface area contributed by atoms with Crippen LogP contribution in [0.2, 0.25) is 0 Å². The summed E-state index contributed by atoms with van der Waals surface area (Å²) in [4.78, 5) is 14.2. The summed E-state index contributed by atoms with van der Waals surface area (Å²) in [6, 6.07) is 4.42. The SMILES string of the molecule is Cn1cnnc1SCCNC(=O)c1ccc(C2CCCN2)s1. The summed E-state index contributed by atoms with van der Waals surface area (Å²) in [5, 5.41) is 15.1. The number of carbonyl (C=O) groups is 1. The highest BCUT2D eigenvalue weighted by Crippen LogP contribution is 2.29. The Bertz CT molecular complexity index is 633. The number of nitrogens with zero attached hydrogens (tertiary/aromatic N) is 3. The third kappa shape index (κ3) is 3.68. The van der Waals surface area contributed by atoms with Crippen LogP contribution in [-0.4, -0.2) is 39.5 Å². The lowest BCUT2D eigenvalue weighted by Gasteiger charge is -2.06. The van der Waals surface area contributed by atoms with Crippen LogP contribution < -0.4 is 10.6 Å². The molecule has 1 fully saturated rings. The van der Waals surface area contributed by atoms with E-state index >= 15 is 0 Å². The number of thiophene rings is 1. The Morgan fingerprint density at radius 1 is 1.59 bits per heavy atom. The standard InChI is InChI=1S/C14H19N5OS2/c1-19-9-17-18-14(19)21-8-7-16-13(20)12-5-4-11(22-12)10-3-2-6-15-10/h4-5,9-10,15H,2-3,6-8H2,1H3,(H,16,20). The second-order valence-electron chi connectivity index (χ2n) is 5.18. The van der Waals surface area contributed by atoms with Crippen molar-refractivity contribution in [3.63, 3.8) is 0 Å². The Kier molecular flexibility index (Phi) is 5.12. The minimum Gasteiger partial charge on any atom is -0.350 e. The molecule has 8 heteroatoms. The molecule has 0 saturated carbocycles. The average molecular weight is 337 g/mol. The molecule has 2 N–H and O–H groups in total. The van der Waals surface area contributed by atoms with Gasteiger partial charge in [-0.2, -0.15) is 0 Å². The molecule has 1 saturated heterocycles. The first-order valence-corrected chi connectivity index (χ1v) is 9.12. The molecule has 1 aliphatic heterocycles. The van der Waals surface area contributed by atoms with Crippen LogP contribution in [0.3, 0.4) is 0 Å². The predicted molar refractivity (Wildman–Crippen MR) is 88.4 cm³/mol. The van der Waals surface area contributed by atoms with Gasteiger partial charge in [-0.1, -0.05) is 11.8 Å². The molecule has 0 radical (unpaired) electrons. The van der Waals surface area contributed by atoms with E-state index in [1.54, 1.807) is 29.4 Å². The summed E-state index contributed by atoms with van der Waals surface area (Å²) in [6.45, 7) is 1.69. The Morgan fingerprint density at radius 3 is 3.23 bits per heavy atom. The van der Waals surface area contributed by atoms with Crippen molar-refractivity contribution in [3.8, 4) is 0 Å². The van der Waals surface area contributed by atoms with Crippen LogP contribution in [0.15, 0.2) is 23.6 Å². The van der Waals surface area contributed by atoms with Crippen molar-refractivity contribution in [2.75, 3.05) is 18.8 Å². The van der Waals surface area contributed by atoms with E-state index < -0.39 is 0 Å². The van der Waals surface area contributed by atoms with Crippen LogP contribution in [0.1, 0.15) is 33.4 Å². The lowest BCUT2D eigenvalue weighted by Crippen LogP contribution is -2.24. The van der Waals surface area contributed by atoms with E-state index in [0.29, 0.717) is 12.6 Å². The van der Waals surface area contributed by atoms with Gasteiger partial charge in [-0.05, 0) is 31.5 Å². The zero-order chi connectivity index (χ0) is 15.4. The second kappa shape index (κ2) is 7.26. The van der Waals surface area contributed by atoms with Gasteiger partial charge in [0, 0.05) is 30.3 Å². The third-order valence-corrected chi connectivity index (χ3v) is 5.78. The van der Waals surface area contributed by atoms with Crippen LogP contribution in [0, 0.1) is 0 Å². The van der Waals surface area contributed by atoms with Gasteiger partial charge in [0.1, 0.15) is 6.33 Å². The molecular formula is C14H19N5OS2. The number of hydrogen-bond donors (Lipinski definition) is 2. The molecule has 1 atom stereocenters. The van der Waals surface area contributed by atoms with Gasteiger partial charge in [-0.15, -0.1) is 21.5 Å². The maximum absolute atomic E-state index is 12.1. The van der Waals surface area contributed by atoms with Gasteiger partial charge in [0.2, 0.25) is 0 Å². The second-order valence-corrected chi connectivity index (χ2v) is 7.36. The number of thioether (sulfide) groups is 1. The smallest absolute Gasteiger partial charge is 0.261 e. The van der Waals surface area contributed by atoms with E-state index in [-0.39, 0.29) is 5.91 Å². The normalized spacial score (nSPS) is 17.8. The van der Waals surface area contributed by atoms with Crippen LogP contribution in [0.5, 0.6) is 0 Å². The van der Waals surface area contributed by atoms with Crippen molar-refractivity contribution in [2.45, 2.75) is 24.0 Å². The van der Waals surface area contributed by atoms with Crippen molar-refractivity contribution >= 4 is 29.0 Å². The molecule has 0 bridgehead atoms. The molecule has 3 rings (SSSR count). The number of hydrogen-bond acceptors (Lipinski definition) is 6. The predicted octanol–water partition coefficient (Wildman–Crippen LogP) is 1.82. The molecular weight excluding hydrogens is 318 g/mol. The van der Waals surface area contributed by atoms with Gasteiger partial charge in [0.25, 0.3) is 5.91 Å². The summed E-state index contributed by atoms with van der Waals surface area (Å²) in [5.74, 6) is 0.786. The van der Waals surface area contributed by atoms with Gasteiger partial charge >= 0.3 is 0 Å². The number of nitrogens with one attached hydrogen (secondary N) is 2. The van der Waals surface area contributed by atoms with Gasteiger partial charge in [0.05, 0.1) is 4.88 Å². The van der Waals surface area contributed by atoms with Crippen molar-refractivity contribution in [1.82, 2.24) is 25.4 Å². The largest absolute Gasteiger partial charge is 0.350 e. The number of amides is 1. The lowest BCUT2D eigenvalue weighted by molar-refractivity contribution is 0.0960. The van der Waals surface area contributed by atoms with Crippen molar-refractivity contribution in [3.05, 3.63) is 28.2 Å². The molecule has 6 nitrogen and oxygen atoms in total. The maximum Gasteiger partial charge on any atom is 0.261 e. The van der Waals surface area contributed by atoms with E-state index in [0.717, 1.165) is 28.8 Å². The van der Waals surface area contributed by atoms with E-state index in [4.69, 9.17) is 0 Å².